The van der Waals surface area contributed by atoms with Gasteiger partial charge in [0.2, 0.25) is 0 Å². The Balaban J connectivity index is 2.48. The molecule has 1 rings (SSSR count). The molecule has 0 amide bonds. The Labute approximate surface area is 60.8 Å². The molecule has 56 valence electrons. The summed E-state index contributed by atoms with van der Waals surface area (Å²) in [4.78, 5) is 2.18. The summed E-state index contributed by atoms with van der Waals surface area (Å²) < 4.78 is 12.5. The summed E-state index contributed by atoms with van der Waals surface area (Å²) in [6.07, 6.45) is 2.27. The Bertz CT molecular complexity index is 168. The Morgan fingerprint density at radius 1 is 1.80 bits per heavy atom. The van der Waals surface area contributed by atoms with Gasteiger partial charge in [0.05, 0.1) is 0 Å². The van der Waals surface area contributed by atoms with Gasteiger partial charge in [-0.1, -0.05) is 12.7 Å². The molecule has 1 aliphatic heterocycles. The van der Waals surface area contributed by atoms with Crippen LogP contribution < -0.4 is 0 Å². The zero-order valence-corrected chi connectivity index (χ0v) is 6.23. The molecule has 0 atom stereocenters. The fourth-order valence-corrected chi connectivity index (χ4v) is 0.992. The van der Waals surface area contributed by atoms with E-state index in [-0.39, 0.29) is 5.83 Å². The van der Waals surface area contributed by atoms with Crippen molar-refractivity contribution >= 4 is 0 Å². The molecule has 0 N–H and O–H groups in total. The average molecular weight is 141 g/mol. The van der Waals surface area contributed by atoms with Crippen molar-refractivity contribution in [2.24, 2.45) is 0 Å². The van der Waals surface area contributed by atoms with Crippen molar-refractivity contribution in [1.82, 2.24) is 4.90 Å². The molecule has 0 aromatic rings. The minimum Gasteiger partial charge on any atom is -0.299 e. The first-order valence-corrected chi connectivity index (χ1v) is 3.65. The molecule has 0 aliphatic carbocycles. The maximum atomic E-state index is 12.5. The molecule has 0 saturated carbocycles. The van der Waals surface area contributed by atoms with Crippen molar-refractivity contribution in [3.63, 3.8) is 0 Å². The van der Waals surface area contributed by atoms with Crippen molar-refractivity contribution in [1.29, 1.82) is 0 Å². The zero-order chi connectivity index (χ0) is 7.40. The molecular formula is C8H12FN. The van der Waals surface area contributed by atoms with Crippen LogP contribution in [-0.4, -0.2) is 24.5 Å². The second-order valence-corrected chi connectivity index (χ2v) is 2.40. The van der Waals surface area contributed by atoms with Crippen molar-refractivity contribution in [2.45, 2.75) is 13.3 Å². The number of hydrogen-bond acceptors (Lipinski definition) is 1. The summed E-state index contributed by atoms with van der Waals surface area (Å²) in [5.74, 6) is -0.115. The first-order chi connectivity index (χ1) is 4.83. The second kappa shape index (κ2) is 3.55. The maximum absolute atomic E-state index is 12.5. The van der Waals surface area contributed by atoms with Crippen molar-refractivity contribution in [3.8, 4) is 0 Å². The quantitative estimate of drug-likeness (QED) is 0.502. The van der Waals surface area contributed by atoms with Crippen LogP contribution in [0, 0.1) is 0 Å². The van der Waals surface area contributed by atoms with Gasteiger partial charge in [-0.25, -0.2) is 4.39 Å². The molecule has 0 saturated heterocycles. The molecule has 0 bridgehead atoms. The Hall–Kier alpha value is -0.590. The summed E-state index contributed by atoms with van der Waals surface area (Å²) in [5, 5.41) is 0. The lowest BCUT2D eigenvalue weighted by Gasteiger charge is -2.14. The zero-order valence-electron chi connectivity index (χ0n) is 6.23. The number of nitrogens with zero attached hydrogens (tertiary/aromatic N) is 1. The van der Waals surface area contributed by atoms with Gasteiger partial charge < -0.3 is 0 Å². The molecule has 0 spiro atoms. The minimum atomic E-state index is -0.115. The van der Waals surface area contributed by atoms with Crippen LogP contribution in [0.1, 0.15) is 13.3 Å². The van der Waals surface area contributed by atoms with Crippen LogP contribution in [-0.2, 0) is 0 Å². The number of likely N-dealkylation sites (N-methyl/N-ethyl adjacent to an activating group) is 1. The minimum absolute atomic E-state index is 0.115. The molecule has 10 heavy (non-hydrogen) atoms. The van der Waals surface area contributed by atoms with Crippen LogP contribution in [0.15, 0.2) is 17.6 Å². The van der Waals surface area contributed by atoms with Crippen molar-refractivity contribution < 1.29 is 4.39 Å². The molecule has 1 heterocycles. The first-order valence-electron chi connectivity index (χ1n) is 3.65. The van der Waals surface area contributed by atoms with Crippen LogP contribution in [0.4, 0.5) is 4.39 Å². The van der Waals surface area contributed by atoms with Gasteiger partial charge in [0.1, 0.15) is 5.83 Å². The van der Waals surface area contributed by atoms with E-state index in [1.165, 1.54) is 0 Å². The second-order valence-electron chi connectivity index (χ2n) is 2.40. The predicted octanol–water partition coefficient (Wildman–Crippen LogP) is 1.72. The van der Waals surface area contributed by atoms with Gasteiger partial charge in [0.25, 0.3) is 0 Å². The fraction of sp³-hybridized carbons (Fsp3) is 0.625. The highest BCUT2D eigenvalue weighted by atomic mass is 19.1. The third-order valence-corrected chi connectivity index (χ3v) is 1.70. The van der Waals surface area contributed by atoms with Gasteiger partial charge in [-0.05, 0) is 12.6 Å². The normalized spacial score (nSPS) is 20.4. The predicted molar refractivity (Wildman–Crippen MR) is 39.4 cm³/mol. The van der Waals surface area contributed by atoms with Gasteiger partial charge in [0.15, 0.2) is 0 Å². The van der Waals surface area contributed by atoms with Gasteiger partial charge in [-0.2, -0.15) is 0 Å². The molecule has 0 unspecified atom stereocenters. The molecule has 2 heteroatoms. The first kappa shape index (κ1) is 7.52. The highest BCUT2D eigenvalue weighted by Gasteiger charge is 2.04. The summed E-state index contributed by atoms with van der Waals surface area (Å²) in [6, 6.07) is 0. The summed E-state index contributed by atoms with van der Waals surface area (Å²) >= 11 is 0. The number of halogens is 1. The monoisotopic (exact) mass is 141 g/mol. The van der Waals surface area contributed by atoms with E-state index in [2.05, 4.69) is 17.6 Å². The van der Waals surface area contributed by atoms with Crippen LogP contribution in [0.2, 0.25) is 0 Å². The average Bonchev–Trinajstić information content (AvgIpc) is 2.14. The highest BCUT2D eigenvalue weighted by Crippen LogP contribution is 2.05. The lowest BCUT2D eigenvalue weighted by molar-refractivity contribution is 0.318. The molecule has 1 aliphatic rings. The van der Waals surface area contributed by atoms with E-state index in [1.54, 1.807) is 6.08 Å². The SMILES string of the molecule is CCN1CC=C=C(F)CC1. The van der Waals surface area contributed by atoms with E-state index in [0.29, 0.717) is 6.42 Å². The molecule has 0 fully saturated rings. The van der Waals surface area contributed by atoms with Crippen LogP contribution in [0.25, 0.3) is 0 Å². The summed E-state index contributed by atoms with van der Waals surface area (Å²) in [6.45, 7) is 4.73. The third kappa shape index (κ3) is 1.98. The van der Waals surface area contributed by atoms with E-state index >= 15 is 0 Å². The van der Waals surface area contributed by atoms with Gasteiger partial charge in [-0.3, -0.25) is 4.90 Å². The standard InChI is InChI=1S/C8H12FN/c1-2-10-6-3-4-8(9)5-7-10/h3H,2,5-7H2,1H3. The smallest absolute Gasteiger partial charge is 0.143 e. The maximum Gasteiger partial charge on any atom is 0.143 e. The van der Waals surface area contributed by atoms with Gasteiger partial charge >= 0.3 is 0 Å². The molecule has 0 radical (unpaired) electrons. The lowest BCUT2D eigenvalue weighted by atomic mass is 10.4. The Morgan fingerprint density at radius 2 is 2.60 bits per heavy atom. The van der Waals surface area contributed by atoms with Gasteiger partial charge in [-0.15, -0.1) is 0 Å². The van der Waals surface area contributed by atoms with E-state index in [4.69, 9.17) is 0 Å². The van der Waals surface area contributed by atoms with E-state index in [1.807, 2.05) is 0 Å². The summed E-state index contributed by atoms with van der Waals surface area (Å²) in [7, 11) is 0. The third-order valence-electron chi connectivity index (χ3n) is 1.70. The van der Waals surface area contributed by atoms with E-state index < -0.39 is 0 Å². The number of rotatable bonds is 1. The topological polar surface area (TPSA) is 3.24 Å². The molecular weight excluding hydrogens is 129 g/mol. The Morgan fingerprint density at radius 3 is 3.30 bits per heavy atom. The van der Waals surface area contributed by atoms with E-state index in [0.717, 1.165) is 19.6 Å². The highest BCUT2D eigenvalue weighted by molar-refractivity contribution is 4.97. The van der Waals surface area contributed by atoms with Gasteiger partial charge in [0, 0.05) is 19.5 Å². The van der Waals surface area contributed by atoms with Crippen LogP contribution >= 0.6 is 0 Å². The molecule has 1 nitrogen and oxygen atoms in total. The lowest BCUT2D eigenvalue weighted by Crippen LogP contribution is -2.23. The largest absolute Gasteiger partial charge is 0.299 e. The number of hydrogen-bond donors (Lipinski definition) is 0. The summed E-state index contributed by atoms with van der Waals surface area (Å²) in [5.41, 5.74) is 2.59. The fourth-order valence-electron chi connectivity index (χ4n) is 0.992. The van der Waals surface area contributed by atoms with Crippen molar-refractivity contribution in [3.05, 3.63) is 17.6 Å². The van der Waals surface area contributed by atoms with Crippen LogP contribution in [0.5, 0.6) is 0 Å². The van der Waals surface area contributed by atoms with Crippen LogP contribution in [0.3, 0.4) is 0 Å². The van der Waals surface area contributed by atoms with Crippen molar-refractivity contribution in [2.75, 3.05) is 19.6 Å². The molecule has 0 aromatic carbocycles. The molecule has 0 aromatic heterocycles. The Kier molecular flexibility index (Phi) is 2.67. The van der Waals surface area contributed by atoms with E-state index in [9.17, 15) is 4.39 Å².